The van der Waals surface area contributed by atoms with Crippen molar-refractivity contribution in [3.05, 3.63) is 47.0 Å². The Morgan fingerprint density at radius 1 is 1.30 bits per heavy atom. The Hall–Kier alpha value is -1.76. The van der Waals surface area contributed by atoms with Crippen molar-refractivity contribution in [2.24, 2.45) is 5.92 Å². The molecule has 1 N–H and O–H groups in total. The molecule has 5 nitrogen and oxygen atoms in total. The van der Waals surface area contributed by atoms with E-state index in [9.17, 15) is 9.90 Å². The molecule has 1 aliphatic carbocycles. The van der Waals surface area contributed by atoms with Crippen molar-refractivity contribution in [3.8, 4) is 0 Å². The van der Waals surface area contributed by atoms with Crippen LogP contribution in [-0.2, 0) is 11.3 Å². The second-order valence-electron chi connectivity index (χ2n) is 7.73. The number of nitrogens with zero attached hydrogens (tertiary/aromatic N) is 3. The van der Waals surface area contributed by atoms with Gasteiger partial charge < -0.3 is 5.11 Å². The van der Waals surface area contributed by atoms with Crippen LogP contribution < -0.4 is 4.90 Å². The number of likely N-dealkylation sites (tertiary alicyclic amines) is 1. The molecule has 27 heavy (non-hydrogen) atoms. The SMILES string of the molecule is CC(=O)N(c1nc(CN2CC[C@@H](c3ccccc3)[C@@H](CO)C2)cs1)C1CC1. The van der Waals surface area contributed by atoms with Crippen LogP contribution in [0.15, 0.2) is 35.7 Å². The monoisotopic (exact) mass is 385 g/mol. The van der Waals surface area contributed by atoms with Gasteiger partial charge in [-0.25, -0.2) is 4.98 Å². The van der Waals surface area contributed by atoms with Gasteiger partial charge in [-0.05, 0) is 37.3 Å². The maximum absolute atomic E-state index is 11.9. The molecule has 1 aliphatic heterocycles. The molecule has 0 spiro atoms. The van der Waals surface area contributed by atoms with Crippen LogP contribution in [0, 0.1) is 5.92 Å². The Labute approximate surface area is 164 Å². The lowest BCUT2D eigenvalue weighted by atomic mass is 9.81. The van der Waals surface area contributed by atoms with Gasteiger partial charge in [-0.15, -0.1) is 11.3 Å². The van der Waals surface area contributed by atoms with E-state index in [4.69, 9.17) is 4.98 Å². The van der Waals surface area contributed by atoms with Crippen molar-refractivity contribution >= 4 is 22.4 Å². The lowest BCUT2D eigenvalue weighted by Crippen LogP contribution is -2.40. The number of thiazole rings is 1. The number of hydrogen-bond donors (Lipinski definition) is 1. The number of aliphatic hydroxyl groups excluding tert-OH is 1. The molecular formula is C21H27N3O2S. The average Bonchev–Trinajstić information content (AvgIpc) is 3.41. The minimum absolute atomic E-state index is 0.0856. The molecule has 0 radical (unpaired) electrons. The van der Waals surface area contributed by atoms with Crippen molar-refractivity contribution in [3.63, 3.8) is 0 Å². The van der Waals surface area contributed by atoms with E-state index in [0.29, 0.717) is 12.0 Å². The third kappa shape index (κ3) is 4.23. The van der Waals surface area contributed by atoms with E-state index in [0.717, 1.165) is 49.7 Å². The van der Waals surface area contributed by atoms with Crippen LogP contribution >= 0.6 is 11.3 Å². The molecule has 2 aromatic rings. The number of rotatable bonds is 6. The van der Waals surface area contributed by atoms with Gasteiger partial charge in [0.15, 0.2) is 5.13 Å². The summed E-state index contributed by atoms with van der Waals surface area (Å²) >= 11 is 1.56. The summed E-state index contributed by atoms with van der Waals surface area (Å²) < 4.78 is 0. The second kappa shape index (κ2) is 8.09. The van der Waals surface area contributed by atoms with Crippen molar-refractivity contribution in [2.75, 3.05) is 24.6 Å². The lowest BCUT2D eigenvalue weighted by Gasteiger charge is -2.37. The van der Waals surface area contributed by atoms with Gasteiger partial charge in [0.1, 0.15) is 0 Å². The van der Waals surface area contributed by atoms with Crippen LogP contribution in [0.1, 0.15) is 43.4 Å². The summed E-state index contributed by atoms with van der Waals surface area (Å²) in [5.41, 5.74) is 2.35. The number of hydrogen-bond acceptors (Lipinski definition) is 5. The second-order valence-corrected chi connectivity index (χ2v) is 8.56. The highest BCUT2D eigenvalue weighted by molar-refractivity contribution is 7.14. The van der Waals surface area contributed by atoms with Gasteiger partial charge in [-0.3, -0.25) is 14.6 Å². The Morgan fingerprint density at radius 2 is 2.07 bits per heavy atom. The molecule has 2 heterocycles. The first-order valence-corrected chi connectivity index (χ1v) is 10.7. The predicted octanol–water partition coefficient (Wildman–Crippen LogP) is 3.26. The average molecular weight is 386 g/mol. The molecule has 0 unspecified atom stereocenters. The van der Waals surface area contributed by atoms with Crippen LogP contribution in [0.3, 0.4) is 0 Å². The van der Waals surface area contributed by atoms with Crippen LogP contribution in [0.5, 0.6) is 0 Å². The fourth-order valence-corrected chi connectivity index (χ4v) is 5.09. The van der Waals surface area contributed by atoms with Gasteiger partial charge in [0, 0.05) is 44.0 Å². The zero-order valence-electron chi connectivity index (χ0n) is 15.8. The molecule has 0 bridgehead atoms. The van der Waals surface area contributed by atoms with E-state index in [-0.39, 0.29) is 18.4 Å². The summed E-state index contributed by atoms with van der Waals surface area (Å²) in [6.07, 6.45) is 3.22. The van der Waals surface area contributed by atoms with E-state index < -0.39 is 0 Å². The maximum Gasteiger partial charge on any atom is 0.225 e. The summed E-state index contributed by atoms with van der Waals surface area (Å²) in [4.78, 5) is 20.9. The third-order valence-electron chi connectivity index (χ3n) is 5.66. The number of carbonyl (C=O) groups is 1. The summed E-state index contributed by atoms with van der Waals surface area (Å²) in [6.45, 7) is 4.49. The Morgan fingerprint density at radius 3 is 2.74 bits per heavy atom. The summed E-state index contributed by atoms with van der Waals surface area (Å²) in [6, 6.07) is 10.9. The van der Waals surface area contributed by atoms with Gasteiger partial charge in [0.25, 0.3) is 0 Å². The molecule has 2 aliphatic rings. The minimum Gasteiger partial charge on any atom is -0.396 e. The molecule has 1 saturated heterocycles. The highest BCUT2D eigenvalue weighted by atomic mass is 32.1. The first-order valence-electron chi connectivity index (χ1n) is 9.78. The number of amides is 1. The molecular weight excluding hydrogens is 358 g/mol. The molecule has 1 aromatic heterocycles. The molecule has 144 valence electrons. The zero-order chi connectivity index (χ0) is 18.8. The lowest BCUT2D eigenvalue weighted by molar-refractivity contribution is -0.116. The topological polar surface area (TPSA) is 56.7 Å². The molecule has 1 saturated carbocycles. The first kappa shape index (κ1) is 18.6. The Bertz CT molecular complexity index is 775. The fourth-order valence-electron chi connectivity index (χ4n) is 4.16. The smallest absolute Gasteiger partial charge is 0.225 e. The number of aliphatic hydroxyl groups is 1. The zero-order valence-corrected chi connectivity index (χ0v) is 16.6. The number of anilines is 1. The number of piperidine rings is 1. The highest BCUT2D eigenvalue weighted by Gasteiger charge is 2.34. The van der Waals surface area contributed by atoms with Gasteiger partial charge in [0.05, 0.1) is 5.69 Å². The van der Waals surface area contributed by atoms with Crippen LogP contribution in [0.2, 0.25) is 0 Å². The van der Waals surface area contributed by atoms with Gasteiger partial charge in [-0.2, -0.15) is 0 Å². The van der Waals surface area contributed by atoms with E-state index >= 15 is 0 Å². The quantitative estimate of drug-likeness (QED) is 0.829. The van der Waals surface area contributed by atoms with Crippen LogP contribution in [0.4, 0.5) is 5.13 Å². The Kier molecular flexibility index (Phi) is 5.57. The molecule has 1 amide bonds. The summed E-state index contributed by atoms with van der Waals surface area (Å²) in [5, 5.41) is 12.8. The van der Waals surface area contributed by atoms with E-state index in [1.165, 1.54) is 5.56 Å². The van der Waals surface area contributed by atoms with E-state index in [1.807, 2.05) is 11.0 Å². The third-order valence-corrected chi connectivity index (χ3v) is 6.55. The highest BCUT2D eigenvalue weighted by Crippen LogP contribution is 2.35. The number of benzene rings is 1. The van der Waals surface area contributed by atoms with E-state index in [1.54, 1.807) is 18.3 Å². The molecule has 6 heteroatoms. The number of aromatic nitrogens is 1. The fraction of sp³-hybridized carbons (Fsp3) is 0.524. The molecule has 2 atom stereocenters. The largest absolute Gasteiger partial charge is 0.396 e. The summed E-state index contributed by atoms with van der Waals surface area (Å²) in [7, 11) is 0. The van der Waals surface area contributed by atoms with Gasteiger partial charge in [-0.1, -0.05) is 30.3 Å². The van der Waals surface area contributed by atoms with Gasteiger partial charge >= 0.3 is 0 Å². The standard InChI is InChI=1S/C21H27N3O2S/c1-15(26)24(19-7-8-19)21-22-18(14-27-21)12-23-10-9-20(17(11-23)13-25)16-5-3-2-4-6-16/h2-6,14,17,19-20,25H,7-13H2,1H3/t17-,20+/m1/s1. The Balaban J connectivity index is 1.40. The molecule has 2 fully saturated rings. The molecule has 1 aromatic carbocycles. The van der Waals surface area contributed by atoms with Crippen LogP contribution in [-0.4, -0.2) is 46.6 Å². The predicted molar refractivity (Wildman–Crippen MR) is 108 cm³/mol. The van der Waals surface area contributed by atoms with Crippen LogP contribution in [0.25, 0.3) is 0 Å². The van der Waals surface area contributed by atoms with Gasteiger partial charge in [0.2, 0.25) is 5.91 Å². The maximum atomic E-state index is 11.9. The summed E-state index contributed by atoms with van der Waals surface area (Å²) in [5.74, 6) is 0.753. The van der Waals surface area contributed by atoms with Crippen molar-refractivity contribution in [2.45, 2.75) is 44.7 Å². The number of carbonyl (C=O) groups excluding carboxylic acids is 1. The molecule has 4 rings (SSSR count). The van der Waals surface area contributed by atoms with Crippen molar-refractivity contribution in [1.29, 1.82) is 0 Å². The minimum atomic E-state index is 0.0856. The van der Waals surface area contributed by atoms with Crippen molar-refractivity contribution in [1.82, 2.24) is 9.88 Å². The normalized spacial score (nSPS) is 23.3. The van der Waals surface area contributed by atoms with Crippen molar-refractivity contribution < 1.29 is 9.90 Å². The first-order chi connectivity index (χ1) is 13.2. The van der Waals surface area contributed by atoms with E-state index in [2.05, 4.69) is 34.5 Å².